The molecule has 0 aromatic heterocycles. The van der Waals surface area contributed by atoms with Crippen molar-refractivity contribution in [1.29, 1.82) is 0 Å². The maximum Gasteiger partial charge on any atom is 0.0958 e. The molecule has 18 heavy (non-hydrogen) atoms. The summed E-state index contributed by atoms with van der Waals surface area (Å²) >= 11 is 5.87. The Kier molecular flexibility index (Phi) is 3.72. The second kappa shape index (κ2) is 4.84. The molecule has 0 aliphatic heterocycles. The lowest BCUT2D eigenvalue weighted by atomic mass is 9.73. The first-order valence-electron chi connectivity index (χ1n) is 6.47. The Morgan fingerprint density at radius 1 is 1.28 bits per heavy atom. The van der Waals surface area contributed by atoms with Crippen molar-refractivity contribution in [2.24, 2.45) is 11.3 Å². The summed E-state index contributed by atoms with van der Waals surface area (Å²) in [6, 6.07) is 7.72. The van der Waals surface area contributed by atoms with E-state index < -0.39 is 5.60 Å². The molecule has 2 atom stereocenters. The number of hydrogen-bond donors (Lipinski definition) is 2. The zero-order chi connectivity index (χ0) is 13.4. The summed E-state index contributed by atoms with van der Waals surface area (Å²) in [5.74, 6) is 0.110. The Balaban J connectivity index is 2.17. The molecular weight excluding hydrogens is 248 g/mol. The zero-order valence-electron chi connectivity index (χ0n) is 11.0. The highest BCUT2D eigenvalue weighted by atomic mass is 35.5. The second-order valence-corrected chi connectivity index (χ2v) is 6.47. The Morgan fingerprint density at radius 3 is 2.44 bits per heavy atom. The molecule has 3 heteroatoms. The van der Waals surface area contributed by atoms with Crippen molar-refractivity contribution >= 4 is 11.6 Å². The first-order valence-corrected chi connectivity index (χ1v) is 6.84. The summed E-state index contributed by atoms with van der Waals surface area (Å²) in [5, 5.41) is 21.0. The number of aliphatic hydroxyl groups is 2. The van der Waals surface area contributed by atoms with Crippen LogP contribution in [0.4, 0.5) is 0 Å². The van der Waals surface area contributed by atoms with E-state index in [4.69, 9.17) is 11.6 Å². The third-order valence-electron chi connectivity index (χ3n) is 4.60. The van der Waals surface area contributed by atoms with Crippen LogP contribution in [0.1, 0.15) is 32.3 Å². The lowest BCUT2D eigenvalue weighted by molar-refractivity contribution is -0.110. The maximum atomic E-state index is 10.7. The van der Waals surface area contributed by atoms with Crippen LogP contribution in [0, 0.1) is 11.3 Å². The van der Waals surface area contributed by atoms with Gasteiger partial charge in [-0.25, -0.2) is 0 Å². The van der Waals surface area contributed by atoms with E-state index in [1.807, 2.05) is 38.1 Å². The highest BCUT2D eigenvalue weighted by Gasteiger charge is 2.53. The fourth-order valence-corrected chi connectivity index (χ4v) is 3.19. The van der Waals surface area contributed by atoms with Gasteiger partial charge >= 0.3 is 0 Å². The van der Waals surface area contributed by atoms with Crippen LogP contribution in [0.15, 0.2) is 24.3 Å². The van der Waals surface area contributed by atoms with Crippen molar-refractivity contribution < 1.29 is 10.2 Å². The molecule has 2 nitrogen and oxygen atoms in total. The molecule has 2 N–H and O–H groups in total. The number of benzene rings is 1. The third kappa shape index (κ3) is 2.29. The Hall–Kier alpha value is -0.570. The summed E-state index contributed by atoms with van der Waals surface area (Å²) < 4.78 is 0. The highest BCUT2D eigenvalue weighted by Crippen LogP contribution is 2.50. The smallest absolute Gasteiger partial charge is 0.0958 e. The van der Waals surface area contributed by atoms with E-state index in [-0.39, 0.29) is 17.9 Å². The van der Waals surface area contributed by atoms with Crippen LogP contribution in [-0.2, 0) is 6.42 Å². The van der Waals surface area contributed by atoms with Gasteiger partial charge in [0.1, 0.15) is 0 Å². The van der Waals surface area contributed by atoms with E-state index in [1.54, 1.807) is 0 Å². The van der Waals surface area contributed by atoms with E-state index in [1.165, 1.54) is 0 Å². The Bertz CT molecular complexity index is 413. The minimum atomic E-state index is -0.980. The fraction of sp³-hybridized carbons (Fsp3) is 0.600. The molecule has 0 amide bonds. The van der Waals surface area contributed by atoms with Crippen LogP contribution >= 0.6 is 11.6 Å². The standard InChI is InChI=1S/C15H21ClO2/c1-14(2)8-7-12(15(14,18)10-17)9-11-3-5-13(16)6-4-11/h3-6,12,17-18H,7-10H2,1-2H3/t12?,15-/m1/s1. The number of aliphatic hydroxyl groups excluding tert-OH is 1. The van der Waals surface area contributed by atoms with Crippen molar-refractivity contribution in [3.05, 3.63) is 34.9 Å². The van der Waals surface area contributed by atoms with Gasteiger partial charge in [0.2, 0.25) is 0 Å². The summed E-state index contributed by atoms with van der Waals surface area (Å²) in [6.07, 6.45) is 2.69. The SMILES string of the molecule is CC1(C)CCC(Cc2ccc(Cl)cc2)[C@]1(O)CO. The largest absolute Gasteiger partial charge is 0.393 e. The normalized spacial score (nSPS) is 30.6. The minimum absolute atomic E-state index is 0.110. The predicted molar refractivity (Wildman–Crippen MR) is 73.7 cm³/mol. The van der Waals surface area contributed by atoms with Gasteiger partial charge in [-0.3, -0.25) is 0 Å². The number of halogens is 1. The van der Waals surface area contributed by atoms with E-state index >= 15 is 0 Å². The molecule has 100 valence electrons. The molecule has 1 aromatic carbocycles. The molecule has 0 spiro atoms. The predicted octanol–water partition coefficient (Wildman–Crippen LogP) is 3.04. The van der Waals surface area contributed by atoms with Gasteiger partial charge in [0, 0.05) is 5.02 Å². The van der Waals surface area contributed by atoms with Gasteiger partial charge in [0.05, 0.1) is 12.2 Å². The minimum Gasteiger partial charge on any atom is -0.393 e. The first kappa shape index (κ1) is 13.9. The molecule has 1 fully saturated rings. The van der Waals surface area contributed by atoms with Crippen LogP contribution in [0.25, 0.3) is 0 Å². The van der Waals surface area contributed by atoms with Gasteiger partial charge in [-0.05, 0) is 48.3 Å². The number of rotatable bonds is 3. The molecule has 1 aliphatic rings. The topological polar surface area (TPSA) is 40.5 Å². The summed E-state index contributed by atoms with van der Waals surface area (Å²) in [7, 11) is 0. The fourth-order valence-electron chi connectivity index (χ4n) is 3.06. The Labute approximate surface area is 114 Å². The molecule has 0 bridgehead atoms. The quantitative estimate of drug-likeness (QED) is 0.885. The van der Waals surface area contributed by atoms with Crippen LogP contribution in [0.3, 0.4) is 0 Å². The van der Waals surface area contributed by atoms with E-state index in [0.717, 1.165) is 29.8 Å². The molecule has 0 saturated heterocycles. The lowest BCUT2D eigenvalue weighted by Gasteiger charge is -2.39. The van der Waals surface area contributed by atoms with E-state index in [0.29, 0.717) is 0 Å². The Morgan fingerprint density at radius 2 is 1.89 bits per heavy atom. The van der Waals surface area contributed by atoms with Gasteiger partial charge < -0.3 is 10.2 Å². The van der Waals surface area contributed by atoms with E-state index in [2.05, 4.69) is 0 Å². The van der Waals surface area contributed by atoms with Gasteiger partial charge in [-0.2, -0.15) is 0 Å². The van der Waals surface area contributed by atoms with Crippen LogP contribution in [-0.4, -0.2) is 22.4 Å². The van der Waals surface area contributed by atoms with Gasteiger partial charge in [-0.1, -0.05) is 37.6 Å². The summed E-state index contributed by atoms with van der Waals surface area (Å²) in [5.41, 5.74) is -0.0418. The molecule has 1 unspecified atom stereocenters. The highest BCUT2D eigenvalue weighted by molar-refractivity contribution is 6.30. The average Bonchev–Trinajstić information content (AvgIpc) is 2.56. The summed E-state index contributed by atoms with van der Waals surface area (Å²) in [4.78, 5) is 0. The van der Waals surface area contributed by atoms with E-state index in [9.17, 15) is 10.2 Å². The van der Waals surface area contributed by atoms with Crippen molar-refractivity contribution in [3.8, 4) is 0 Å². The van der Waals surface area contributed by atoms with Crippen molar-refractivity contribution in [2.45, 2.75) is 38.7 Å². The van der Waals surface area contributed by atoms with Crippen molar-refractivity contribution in [2.75, 3.05) is 6.61 Å². The molecule has 1 aromatic rings. The van der Waals surface area contributed by atoms with Crippen LogP contribution in [0.2, 0.25) is 5.02 Å². The molecule has 0 heterocycles. The molecular formula is C15H21ClO2. The van der Waals surface area contributed by atoms with Gasteiger partial charge in [0.25, 0.3) is 0 Å². The number of hydrogen-bond acceptors (Lipinski definition) is 2. The van der Waals surface area contributed by atoms with Crippen LogP contribution < -0.4 is 0 Å². The first-order chi connectivity index (χ1) is 8.39. The molecule has 1 aliphatic carbocycles. The van der Waals surface area contributed by atoms with Crippen LogP contribution in [0.5, 0.6) is 0 Å². The van der Waals surface area contributed by atoms with Gasteiger partial charge in [-0.15, -0.1) is 0 Å². The summed E-state index contributed by atoms with van der Waals surface area (Å²) in [6.45, 7) is 3.90. The van der Waals surface area contributed by atoms with Gasteiger partial charge in [0.15, 0.2) is 0 Å². The second-order valence-electron chi connectivity index (χ2n) is 6.03. The van der Waals surface area contributed by atoms with Crippen molar-refractivity contribution in [1.82, 2.24) is 0 Å². The zero-order valence-corrected chi connectivity index (χ0v) is 11.7. The van der Waals surface area contributed by atoms with Crippen molar-refractivity contribution in [3.63, 3.8) is 0 Å². The maximum absolute atomic E-state index is 10.7. The average molecular weight is 269 g/mol. The molecule has 0 radical (unpaired) electrons. The monoisotopic (exact) mass is 268 g/mol. The molecule has 2 rings (SSSR count). The lowest BCUT2D eigenvalue weighted by Crippen LogP contribution is -2.49. The molecule has 1 saturated carbocycles. The third-order valence-corrected chi connectivity index (χ3v) is 4.85.